The highest BCUT2D eigenvalue weighted by Crippen LogP contribution is 2.19. The van der Waals surface area contributed by atoms with Gasteiger partial charge in [-0.05, 0) is 29.8 Å². The largest absolute Gasteiger partial charge is 0.352 e. The molecule has 0 radical (unpaired) electrons. The van der Waals surface area contributed by atoms with Crippen LogP contribution in [0.15, 0.2) is 53.7 Å². The molecule has 2 aromatic rings. The SMILES string of the molecule is O=C(CCNS(=O)(=O)c1ccccc1Cl)NCc1ccncc1. The van der Waals surface area contributed by atoms with E-state index in [4.69, 9.17) is 11.6 Å². The molecule has 1 heterocycles. The third kappa shape index (κ3) is 5.31. The number of carbonyl (C=O) groups is 1. The molecule has 23 heavy (non-hydrogen) atoms. The van der Waals surface area contributed by atoms with Crippen molar-refractivity contribution in [2.24, 2.45) is 0 Å². The van der Waals surface area contributed by atoms with Crippen LogP contribution in [0.2, 0.25) is 5.02 Å². The van der Waals surface area contributed by atoms with Crippen LogP contribution in [0, 0.1) is 0 Å². The molecule has 0 saturated heterocycles. The molecule has 6 nitrogen and oxygen atoms in total. The summed E-state index contributed by atoms with van der Waals surface area (Å²) < 4.78 is 26.5. The van der Waals surface area contributed by atoms with Crippen LogP contribution in [-0.4, -0.2) is 25.9 Å². The zero-order chi connectivity index (χ0) is 16.7. The predicted octanol–water partition coefficient (Wildman–Crippen LogP) is 1.72. The Bertz CT molecular complexity index is 767. The molecule has 2 N–H and O–H groups in total. The van der Waals surface area contributed by atoms with Gasteiger partial charge in [0, 0.05) is 31.9 Å². The highest BCUT2D eigenvalue weighted by Gasteiger charge is 2.17. The van der Waals surface area contributed by atoms with Gasteiger partial charge in [-0.25, -0.2) is 13.1 Å². The molecule has 1 aromatic carbocycles. The standard InChI is InChI=1S/C15H16ClN3O3S/c16-13-3-1-2-4-14(13)23(21,22)19-10-7-15(20)18-11-12-5-8-17-9-6-12/h1-6,8-9,19H,7,10-11H2,(H,18,20). The van der Waals surface area contributed by atoms with Crippen molar-refractivity contribution in [1.82, 2.24) is 15.0 Å². The molecule has 0 aliphatic heterocycles. The summed E-state index contributed by atoms with van der Waals surface area (Å²) in [5, 5.41) is 2.85. The molecule has 0 atom stereocenters. The first-order valence-electron chi connectivity index (χ1n) is 6.89. The summed E-state index contributed by atoms with van der Waals surface area (Å²) in [5.74, 6) is -0.247. The fraction of sp³-hybridized carbons (Fsp3) is 0.200. The molecule has 0 saturated carbocycles. The first-order valence-corrected chi connectivity index (χ1v) is 8.75. The van der Waals surface area contributed by atoms with Gasteiger partial charge < -0.3 is 5.32 Å². The zero-order valence-electron chi connectivity index (χ0n) is 12.2. The quantitative estimate of drug-likeness (QED) is 0.793. The lowest BCUT2D eigenvalue weighted by Crippen LogP contribution is -2.30. The van der Waals surface area contributed by atoms with Gasteiger partial charge in [-0.3, -0.25) is 9.78 Å². The van der Waals surface area contributed by atoms with E-state index in [1.807, 2.05) is 0 Å². The third-order valence-corrected chi connectivity index (χ3v) is 4.97. The number of carbonyl (C=O) groups excluding carboxylic acids is 1. The topological polar surface area (TPSA) is 88.2 Å². The van der Waals surface area contributed by atoms with Crippen LogP contribution in [-0.2, 0) is 21.4 Å². The molecule has 0 spiro atoms. The van der Waals surface area contributed by atoms with Gasteiger partial charge in [0.2, 0.25) is 15.9 Å². The van der Waals surface area contributed by atoms with Crippen LogP contribution in [0.1, 0.15) is 12.0 Å². The van der Waals surface area contributed by atoms with E-state index in [0.29, 0.717) is 6.54 Å². The molecule has 0 aliphatic rings. The Labute approximate surface area is 139 Å². The van der Waals surface area contributed by atoms with Crippen LogP contribution >= 0.6 is 11.6 Å². The lowest BCUT2D eigenvalue weighted by atomic mass is 10.2. The Morgan fingerprint density at radius 1 is 1.13 bits per heavy atom. The summed E-state index contributed by atoms with van der Waals surface area (Å²) in [6.45, 7) is 0.369. The number of nitrogens with zero attached hydrogens (tertiary/aromatic N) is 1. The maximum absolute atomic E-state index is 12.1. The van der Waals surface area contributed by atoms with E-state index < -0.39 is 10.0 Å². The smallest absolute Gasteiger partial charge is 0.242 e. The van der Waals surface area contributed by atoms with E-state index >= 15 is 0 Å². The van der Waals surface area contributed by atoms with Crippen LogP contribution in [0.4, 0.5) is 0 Å². The van der Waals surface area contributed by atoms with E-state index in [2.05, 4.69) is 15.0 Å². The van der Waals surface area contributed by atoms with Gasteiger partial charge in [0.15, 0.2) is 0 Å². The molecule has 0 bridgehead atoms. The molecule has 2 rings (SSSR count). The molecule has 1 aromatic heterocycles. The number of sulfonamides is 1. The number of benzene rings is 1. The fourth-order valence-corrected chi connectivity index (χ4v) is 3.38. The second-order valence-corrected chi connectivity index (χ2v) is 6.85. The molecule has 1 amide bonds. The Hall–Kier alpha value is -1.96. The van der Waals surface area contributed by atoms with Crippen molar-refractivity contribution >= 4 is 27.5 Å². The first-order chi connectivity index (χ1) is 11.0. The van der Waals surface area contributed by atoms with Gasteiger partial charge >= 0.3 is 0 Å². The maximum atomic E-state index is 12.1. The molecule has 0 aliphatic carbocycles. The number of hydrogen-bond acceptors (Lipinski definition) is 4. The normalized spacial score (nSPS) is 11.2. The van der Waals surface area contributed by atoms with Gasteiger partial charge in [0.1, 0.15) is 4.90 Å². The average Bonchev–Trinajstić information content (AvgIpc) is 2.54. The zero-order valence-corrected chi connectivity index (χ0v) is 13.8. The van der Waals surface area contributed by atoms with Gasteiger partial charge in [-0.1, -0.05) is 23.7 Å². The second kappa shape index (κ2) is 8.05. The summed E-state index contributed by atoms with van der Waals surface area (Å²) in [4.78, 5) is 15.6. The second-order valence-electron chi connectivity index (χ2n) is 4.71. The number of halogens is 1. The van der Waals surface area contributed by atoms with Crippen LogP contribution in [0.3, 0.4) is 0 Å². The van der Waals surface area contributed by atoms with Crippen LogP contribution < -0.4 is 10.0 Å². The Morgan fingerprint density at radius 2 is 1.83 bits per heavy atom. The number of rotatable bonds is 7. The van der Waals surface area contributed by atoms with E-state index in [-0.39, 0.29) is 28.8 Å². The number of aromatic nitrogens is 1. The lowest BCUT2D eigenvalue weighted by molar-refractivity contribution is -0.121. The number of amides is 1. The van der Waals surface area contributed by atoms with E-state index in [0.717, 1.165) is 5.56 Å². The van der Waals surface area contributed by atoms with Crippen molar-refractivity contribution in [1.29, 1.82) is 0 Å². The summed E-state index contributed by atoms with van der Waals surface area (Å²) >= 11 is 5.86. The lowest BCUT2D eigenvalue weighted by Gasteiger charge is -2.08. The van der Waals surface area contributed by atoms with Crippen molar-refractivity contribution in [3.63, 3.8) is 0 Å². The minimum Gasteiger partial charge on any atom is -0.352 e. The Kier molecular flexibility index (Phi) is 6.09. The monoisotopic (exact) mass is 353 g/mol. The molecule has 0 unspecified atom stereocenters. The Morgan fingerprint density at radius 3 is 2.52 bits per heavy atom. The fourth-order valence-electron chi connectivity index (χ4n) is 1.83. The molecular weight excluding hydrogens is 338 g/mol. The van der Waals surface area contributed by atoms with E-state index in [1.165, 1.54) is 12.1 Å². The van der Waals surface area contributed by atoms with Crippen molar-refractivity contribution in [2.75, 3.05) is 6.54 Å². The van der Waals surface area contributed by atoms with Gasteiger partial charge in [0.25, 0.3) is 0 Å². The molecule has 8 heteroatoms. The molecule has 122 valence electrons. The van der Waals surface area contributed by atoms with Crippen molar-refractivity contribution < 1.29 is 13.2 Å². The van der Waals surface area contributed by atoms with Gasteiger partial charge in [-0.15, -0.1) is 0 Å². The third-order valence-electron chi connectivity index (χ3n) is 3.01. The highest BCUT2D eigenvalue weighted by molar-refractivity contribution is 7.89. The van der Waals surface area contributed by atoms with E-state index in [9.17, 15) is 13.2 Å². The van der Waals surface area contributed by atoms with Crippen molar-refractivity contribution in [3.8, 4) is 0 Å². The minimum absolute atomic E-state index is 0.00106. The molecular formula is C15H16ClN3O3S. The molecule has 0 fully saturated rings. The van der Waals surface area contributed by atoms with E-state index in [1.54, 1.807) is 36.7 Å². The van der Waals surface area contributed by atoms with Gasteiger partial charge in [0.05, 0.1) is 5.02 Å². The summed E-state index contributed by atoms with van der Waals surface area (Å²) in [6, 6.07) is 9.72. The summed E-state index contributed by atoms with van der Waals surface area (Å²) in [5.41, 5.74) is 0.921. The van der Waals surface area contributed by atoms with Crippen LogP contribution in [0.25, 0.3) is 0 Å². The van der Waals surface area contributed by atoms with Crippen molar-refractivity contribution in [2.45, 2.75) is 17.9 Å². The van der Waals surface area contributed by atoms with Gasteiger partial charge in [-0.2, -0.15) is 0 Å². The highest BCUT2D eigenvalue weighted by atomic mass is 35.5. The maximum Gasteiger partial charge on any atom is 0.242 e. The summed E-state index contributed by atoms with van der Waals surface area (Å²) in [7, 11) is -3.72. The first kappa shape index (κ1) is 17.4. The minimum atomic E-state index is -3.72. The Balaban J connectivity index is 1.80. The van der Waals surface area contributed by atoms with Crippen molar-refractivity contribution in [3.05, 3.63) is 59.4 Å². The summed E-state index contributed by atoms with van der Waals surface area (Å²) in [6.07, 6.45) is 3.31. The number of pyridine rings is 1. The number of nitrogens with one attached hydrogen (secondary N) is 2. The number of hydrogen-bond donors (Lipinski definition) is 2. The predicted molar refractivity (Wildman–Crippen MR) is 87.3 cm³/mol. The average molecular weight is 354 g/mol. The van der Waals surface area contributed by atoms with Crippen LogP contribution in [0.5, 0.6) is 0 Å².